The second kappa shape index (κ2) is 9.01. The van der Waals surface area contributed by atoms with Crippen LogP contribution in [0.15, 0.2) is 54.6 Å². The molecular formula is C20H22O6. The molecule has 0 aliphatic carbocycles. The van der Waals surface area contributed by atoms with Crippen LogP contribution in [0.2, 0.25) is 0 Å². The molecule has 0 heterocycles. The molecule has 6 heteroatoms. The Labute approximate surface area is 152 Å². The number of carboxylic acids is 1. The first kappa shape index (κ1) is 19.5. The number of aliphatic carboxylic acids is 1. The molecule has 1 atom stereocenters. The number of carboxylic acid groups (broad SMARTS) is 1. The van der Waals surface area contributed by atoms with Gasteiger partial charge in [0.1, 0.15) is 18.1 Å². The zero-order valence-corrected chi connectivity index (χ0v) is 14.8. The highest BCUT2D eigenvalue weighted by Crippen LogP contribution is 2.32. The number of carbonyl (C=O) groups is 2. The van der Waals surface area contributed by atoms with Crippen molar-refractivity contribution in [1.82, 2.24) is 0 Å². The van der Waals surface area contributed by atoms with Crippen LogP contribution in [0.5, 0.6) is 11.5 Å². The molecule has 0 fully saturated rings. The number of hydrogen-bond donors (Lipinski definition) is 1. The topological polar surface area (TPSA) is 82.1 Å². The largest absolute Gasteiger partial charge is 0.491 e. The monoisotopic (exact) mass is 358 g/mol. The van der Waals surface area contributed by atoms with E-state index >= 15 is 0 Å². The number of benzene rings is 2. The first-order valence-electron chi connectivity index (χ1n) is 8.27. The summed E-state index contributed by atoms with van der Waals surface area (Å²) in [6, 6.07) is 14.7. The zero-order valence-electron chi connectivity index (χ0n) is 14.8. The number of para-hydroxylation sites is 1. The number of rotatable bonds is 10. The molecule has 2 aromatic rings. The second-order valence-electron chi connectivity index (χ2n) is 5.54. The van der Waals surface area contributed by atoms with Crippen LogP contribution >= 0.6 is 0 Å². The zero-order chi connectivity index (χ0) is 19.0. The molecule has 0 amide bonds. The highest BCUT2D eigenvalue weighted by atomic mass is 16.5. The summed E-state index contributed by atoms with van der Waals surface area (Å²) in [5.74, 6) is -1.05. The molecule has 0 aromatic heterocycles. The van der Waals surface area contributed by atoms with Crippen molar-refractivity contribution < 1.29 is 28.9 Å². The maximum Gasteiger partial charge on any atom is 0.360 e. The third kappa shape index (κ3) is 4.21. The molecule has 1 N–H and O–H groups in total. The summed E-state index contributed by atoms with van der Waals surface area (Å²) in [4.78, 5) is 24.8. The third-order valence-corrected chi connectivity index (χ3v) is 3.85. The van der Waals surface area contributed by atoms with Crippen LogP contribution in [0.3, 0.4) is 0 Å². The van der Waals surface area contributed by atoms with Crippen LogP contribution < -0.4 is 9.47 Å². The highest BCUT2D eigenvalue weighted by Gasteiger charge is 2.49. The van der Waals surface area contributed by atoms with Crippen LogP contribution in [-0.2, 0) is 19.9 Å². The quantitative estimate of drug-likeness (QED) is 0.519. The Balaban J connectivity index is 2.39. The Morgan fingerprint density at radius 2 is 1.62 bits per heavy atom. The Kier molecular flexibility index (Phi) is 6.74. The first-order chi connectivity index (χ1) is 12.5. The summed E-state index contributed by atoms with van der Waals surface area (Å²) in [6.07, 6.45) is 0.0191. The predicted molar refractivity (Wildman–Crippen MR) is 95.5 cm³/mol. The lowest BCUT2D eigenvalue weighted by Crippen LogP contribution is -2.48. The van der Waals surface area contributed by atoms with Gasteiger partial charge in [-0.15, -0.1) is 0 Å². The molecule has 0 saturated heterocycles. The number of ketones is 1. The van der Waals surface area contributed by atoms with Crippen LogP contribution in [0, 0.1) is 0 Å². The van der Waals surface area contributed by atoms with Crippen LogP contribution in [0.4, 0.5) is 0 Å². The predicted octanol–water partition coefficient (Wildman–Crippen LogP) is 3.05. The minimum atomic E-state index is -2.11. The van der Waals surface area contributed by atoms with Crippen LogP contribution in [0.25, 0.3) is 0 Å². The average Bonchev–Trinajstić information content (AvgIpc) is 2.67. The van der Waals surface area contributed by atoms with E-state index in [1.165, 1.54) is 12.1 Å². The maximum atomic E-state index is 12.6. The molecule has 2 aromatic carbocycles. The van der Waals surface area contributed by atoms with Crippen molar-refractivity contribution in [2.24, 2.45) is 0 Å². The molecule has 0 radical (unpaired) electrons. The van der Waals surface area contributed by atoms with E-state index < -0.39 is 17.4 Å². The summed E-state index contributed by atoms with van der Waals surface area (Å²) in [5.41, 5.74) is -1.87. The number of carbonyl (C=O) groups excluding carboxylic acids is 1. The van der Waals surface area contributed by atoms with Crippen molar-refractivity contribution in [1.29, 1.82) is 0 Å². The van der Waals surface area contributed by atoms with Gasteiger partial charge in [0.05, 0.1) is 6.61 Å². The van der Waals surface area contributed by atoms with Crippen molar-refractivity contribution in [3.63, 3.8) is 0 Å². The molecule has 0 saturated carbocycles. The normalized spacial score (nSPS) is 12.8. The fourth-order valence-electron chi connectivity index (χ4n) is 2.51. The standard InChI is InChI=1S/C20H22O6/c1-3-18(21)20(19(22)23,26-17-7-5-4-6-8-17)15-9-11-16(12-10-15)25-14-13-24-2/h4-12H,3,13-14H2,1-2H3,(H,22,23). The van der Waals surface area contributed by atoms with Gasteiger partial charge in [0.2, 0.25) is 0 Å². The van der Waals surface area contributed by atoms with Gasteiger partial charge in [-0.25, -0.2) is 4.79 Å². The number of ether oxygens (including phenoxy) is 3. The summed E-state index contributed by atoms with van der Waals surface area (Å²) in [5, 5.41) is 9.89. The van der Waals surface area contributed by atoms with Crippen molar-refractivity contribution >= 4 is 11.8 Å². The third-order valence-electron chi connectivity index (χ3n) is 3.85. The summed E-state index contributed by atoms with van der Waals surface area (Å²) < 4.78 is 16.1. The summed E-state index contributed by atoms with van der Waals surface area (Å²) in [7, 11) is 1.57. The van der Waals surface area contributed by atoms with E-state index in [0.29, 0.717) is 24.7 Å². The summed E-state index contributed by atoms with van der Waals surface area (Å²) in [6.45, 7) is 2.41. The maximum absolute atomic E-state index is 12.6. The average molecular weight is 358 g/mol. The van der Waals surface area contributed by atoms with Crippen molar-refractivity contribution in [3.05, 3.63) is 60.2 Å². The van der Waals surface area contributed by atoms with E-state index in [2.05, 4.69) is 0 Å². The van der Waals surface area contributed by atoms with Gasteiger partial charge in [0.25, 0.3) is 5.60 Å². The van der Waals surface area contributed by atoms with Gasteiger partial charge < -0.3 is 19.3 Å². The lowest BCUT2D eigenvalue weighted by molar-refractivity contribution is -0.163. The number of hydrogen-bond acceptors (Lipinski definition) is 5. The SMILES string of the molecule is CCC(=O)C(Oc1ccccc1)(C(=O)O)c1ccc(OCCOC)cc1. The molecule has 2 rings (SSSR count). The van der Waals surface area contributed by atoms with Gasteiger partial charge >= 0.3 is 5.97 Å². The Bertz CT molecular complexity index is 726. The molecule has 6 nitrogen and oxygen atoms in total. The first-order valence-corrected chi connectivity index (χ1v) is 8.27. The van der Waals surface area contributed by atoms with Crippen molar-refractivity contribution in [2.75, 3.05) is 20.3 Å². The molecule has 0 aliphatic rings. The van der Waals surface area contributed by atoms with Crippen LogP contribution in [0.1, 0.15) is 18.9 Å². The van der Waals surface area contributed by atoms with E-state index in [9.17, 15) is 14.7 Å². The van der Waals surface area contributed by atoms with Gasteiger partial charge in [-0.05, 0) is 24.3 Å². The molecular weight excluding hydrogens is 336 g/mol. The molecule has 0 spiro atoms. The van der Waals surface area contributed by atoms with Crippen molar-refractivity contribution in [3.8, 4) is 11.5 Å². The minimum Gasteiger partial charge on any atom is -0.491 e. The molecule has 0 bridgehead atoms. The van der Waals surface area contributed by atoms with Crippen LogP contribution in [-0.4, -0.2) is 37.2 Å². The Morgan fingerprint density at radius 3 is 2.15 bits per heavy atom. The lowest BCUT2D eigenvalue weighted by atomic mass is 9.87. The van der Waals surface area contributed by atoms with Gasteiger partial charge in [0, 0.05) is 19.1 Å². The smallest absolute Gasteiger partial charge is 0.360 e. The van der Waals surface area contributed by atoms with E-state index in [4.69, 9.17) is 14.2 Å². The van der Waals surface area contributed by atoms with E-state index in [1.54, 1.807) is 56.5 Å². The second-order valence-corrected chi connectivity index (χ2v) is 5.54. The Hall–Kier alpha value is -2.86. The molecule has 138 valence electrons. The number of Topliss-reactive ketones (excluding diaryl/α,β-unsaturated/α-hetero) is 1. The molecule has 1 unspecified atom stereocenters. The van der Waals surface area contributed by atoms with Gasteiger partial charge in [0.15, 0.2) is 5.78 Å². The van der Waals surface area contributed by atoms with Crippen molar-refractivity contribution in [2.45, 2.75) is 18.9 Å². The van der Waals surface area contributed by atoms with E-state index in [1.807, 2.05) is 0 Å². The highest BCUT2D eigenvalue weighted by molar-refractivity contribution is 6.07. The van der Waals surface area contributed by atoms with E-state index in [0.717, 1.165) is 0 Å². The van der Waals surface area contributed by atoms with Gasteiger partial charge in [-0.1, -0.05) is 37.3 Å². The molecule has 0 aliphatic heterocycles. The molecule has 26 heavy (non-hydrogen) atoms. The van der Waals surface area contributed by atoms with E-state index in [-0.39, 0.29) is 12.0 Å². The Morgan fingerprint density at radius 1 is 0.962 bits per heavy atom. The summed E-state index contributed by atoms with van der Waals surface area (Å²) >= 11 is 0. The number of methoxy groups -OCH3 is 1. The fourth-order valence-corrected chi connectivity index (χ4v) is 2.51. The fraction of sp³-hybridized carbons (Fsp3) is 0.300. The van der Waals surface area contributed by atoms with Gasteiger partial charge in [-0.3, -0.25) is 4.79 Å². The van der Waals surface area contributed by atoms with Gasteiger partial charge in [-0.2, -0.15) is 0 Å². The minimum absolute atomic E-state index is 0.0191. The lowest BCUT2D eigenvalue weighted by Gasteiger charge is -2.29.